The fraction of sp³-hybridized carbons (Fsp3) is 1.00. The SMILES string of the molecule is CC(OCCOC1CCCCC1)C(C)(C)C. The lowest BCUT2D eigenvalue weighted by atomic mass is 9.90. The Morgan fingerprint density at radius 3 is 2.25 bits per heavy atom. The van der Waals surface area contributed by atoms with Gasteiger partial charge in [-0.15, -0.1) is 0 Å². The van der Waals surface area contributed by atoms with Crippen molar-refractivity contribution in [1.82, 2.24) is 0 Å². The first-order valence-electron chi connectivity index (χ1n) is 6.73. The van der Waals surface area contributed by atoms with Crippen molar-refractivity contribution in [3.63, 3.8) is 0 Å². The molecule has 96 valence electrons. The van der Waals surface area contributed by atoms with E-state index in [1.165, 1.54) is 32.1 Å². The molecule has 0 aromatic heterocycles. The lowest BCUT2D eigenvalue weighted by molar-refractivity contribution is -0.0549. The van der Waals surface area contributed by atoms with Crippen molar-refractivity contribution in [1.29, 1.82) is 0 Å². The van der Waals surface area contributed by atoms with E-state index in [1.54, 1.807) is 0 Å². The van der Waals surface area contributed by atoms with Crippen molar-refractivity contribution in [2.24, 2.45) is 5.41 Å². The molecule has 1 aliphatic rings. The monoisotopic (exact) mass is 228 g/mol. The predicted octanol–water partition coefficient (Wildman–Crippen LogP) is 3.79. The molecule has 2 nitrogen and oxygen atoms in total. The van der Waals surface area contributed by atoms with Crippen LogP contribution in [-0.4, -0.2) is 25.4 Å². The van der Waals surface area contributed by atoms with Gasteiger partial charge in [-0.3, -0.25) is 0 Å². The number of hydrogen-bond donors (Lipinski definition) is 0. The van der Waals surface area contributed by atoms with Gasteiger partial charge < -0.3 is 9.47 Å². The summed E-state index contributed by atoms with van der Waals surface area (Å²) in [4.78, 5) is 0. The Hall–Kier alpha value is -0.0800. The van der Waals surface area contributed by atoms with Gasteiger partial charge in [-0.1, -0.05) is 40.0 Å². The van der Waals surface area contributed by atoms with E-state index in [9.17, 15) is 0 Å². The van der Waals surface area contributed by atoms with E-state index < -0.39 is 0 Å². The molecule has 0 aromatic rings. The normalized spacial score (nSPS) is 21.0. The van der Waals surface area contributed by atoms with Gasteiger partial charge >= 0.3 is 0 Å². The molecule has 0 bridgehead atoms. The Kier molecular flexibility index (Phi) is 5.77. The van der Waals surface area contributed by atoms with Crippen molar-refractivity contribution >= 4 is 0 Å². The summed E-state index contributed by atoms with van der Waals surface area (Å²) < 4.78 is 11.6. The predicted molar refractivity (Wildman–Crippen MR) is 67.7 cm³/mol. The van der Waals surface area contributed by atoms with Crippen LogP contribution < -0.4 is 0 Å². The first kappa shape index (κ1) is 14.0. The molecule has 1 fully saturated rings. The van der Waals surface area contributed by atoms with Crippen molar-refractivity contribution in [2.45, 2.75) is 72.0 Å². The van der Waals surface area contributed by atoms with Crippen LogP contribution in [0.5, 0.6) is 0 Å². The standard InChI is InChI=1S/C14H28O2/c1-12(14(2,3)4)15-10-11-16-13-8-6-5-7-9-13/h12-13H,5-11H2,1-4H3. The van der Waals surface area contributed by atoms with E-state index in [0.29, 0.717) is 12.2 Å². The van der Waals surface area contributed by atoms with Crippen molar-refractivity contribution in [3.05, 3.63) is 0 Å². The smallest absolute Gasteiger partial charge is 0.0704 e. The van der Waals surface area contributed by atoms with Crippen LogP contribution in [0.4, 0.5) is 0 Å². The average molecular weight is 228 g/mol. The molecule has 0 heterocycles. The van der Waals surface area contributed by atoms with Gasteiger partial charge in [-0.25, -0.2) is 0 Å². The molecule has 1 atom stereocenters. The van der Waals surface area contributed by atoms with Gasteiger partial charge in [0.1, 0.15) is 0 Å². The van der Waals surface area contributed by atoms with Gasteiger partial charge in [0, 0.05) is 0 Å². The molecule has 1 unspecified atom stereocenters. The van der Waals surface area contributed by atoms with Crippen LogP contribution in [0.1, 0.15) is 59.8 Å². The maximum Gasteiger partial charge on any atom is 0.0704 e. The minimum atomic E-state index is 0.227. The summed E-state index contributed by atoms with van der Waals surface area (Å²) in [5, 5.41) is 0. The molecule has 1 aliphatic carbocycles. The molecule has 0 saturated heterocycles. The highest BCUT2D eigenvalue weighted by Crippen LogP contribution is 2.22. The van der Waals surface area contributed by atoms with Gasteiger partial charge in [0.2, 0.25) is 0 Å². The van der Waals surface area contributed by atoms with E-state index in [-0.39, 0.29) is 5.41 Å². The van der Waals surface area contributed by atoms with E-state index in [1.807, 2.05) is 0 Å². The lowest BCUT2D eigenvalue weighted by Gasteiger charge is -2.28. The first-order valence-corrected chi connectivity index (χ1v) is 6.73. The van der Waals surface area contributed by atoms with Crippen molar-refractivity contribution in [3.8, 4) is 0 Å². The largest absolute Gasteiger partial charge is 0.376 e. The molecule has 1 saturated carbocycles. The highest BCUT2D eigenvalue weighted by molar-refractivity contribution is 4.69. The second-order valence-corrected chi connectivity index (χ2v) is 6.01. The third kappa shape index (κ3) is 5.31. The maximum absolute atomic E-state index is 5.82. The Morgan fingerprint density at radius 1 is 1.06 bits per heavy atom. The van der Waals surface area contributed by atoms with Gasteiger partial charge in [-0.2, -0.15) is 0 Å². The zero-order chi connectivity index (χ0) is 12.0. The Morgan fingerprint density at radius 2 is 1.69 bits per heavy atom. The zero-order valence-electron chi connectivity index (χ0n) is 11.4. The first-order chi connectivity index (χ1) is 7.50. The molecule has 2 heteroatoms. The number of rotatable bonds is 5. The summed E-state index contributed by atoms with van der Waals surface area (Å²) in [7, 11) is 0. The third-order valence-corrected chi connectivity index (χ3v) is 3.58. The third-order valence-electron chi connectivity index (χ3n) is 3.58. The molecule has 0 aliphatic heterocycles. The van der Waals surface area contributed by atoms with Gasteiger partial charge in [0.05, 0.1) is 25.4 Å². The Labute approximate surface area is 101 Å². The second-order valence-electron chi connectivity index (χ2n) is 6.01. The van der Waals surface area contributed by atoms with Crippen LogP contribution in [0.3, 0.4) is 0 Å². The second kappa shape index (κ2) is 6.61. The number of ether oxygens (including phenoxy) is 2. The summed E-state index contributed by atoms with van der Waals surface area (Å²) in [6, 6.07) is 0. The molecule has 0 spiro atoms. The minimum Gasteiger partial charge on any atom is -0.376 e. The van der Waals surface area contributed by atoms with E-state index in [4.69, 9.17) is 9.47 Å². The lowest BCUT2D eigenvalue weighted by Crippen LogP contribution is -2.28. The molecule has 0 aromatic carbocycles. The molecule has 0 radical (unpaired) electrons. The Bertz CT molecular complexity index is 178. The highest BCUT2D eigenvalue weighted by Gasteiger charge is 2.20. The fourth-order valence-electron chi connectivity index (χ4n) is 1.92. The van der Waals surface area contributed by atoms with Crippen molar-refractivity contribution < 1.29 is 9.47 Å². The van der Waals surface area contributed by atoms with E-state index >= 15 is 0 Å². The molecular weight excluding hydrogens is 200 g/mol. The van der Waals surface area contributed by atoms with Crippen molar-refractivity contribution in [2.75, 3.05) is 13.2 Å². The molecule has 16 heavy (non-hydrogen) atoms. The molecule has 0 N–H and O–H groups in total. The van der Waals surface area contributed by atoms with E-state index in [0.717, 1.165) is 13.2 Å². The average Bonchev–Trinajstić information content (AvgIpc) is 2.24. The van der Waals surface area contributed by atoms with Crippen LogP contribution in [0.15, 0.2) is 0 Å². The summed E-state index contributed by atoms with van der Waals surface area (Å²) in [6.45, 7) is 10.2. The quantitative estimate of drug-likeness (QED) is 0.667. The Balaban J connectivity index is 2.02. The highest BCUT2D eigenvalue weighted by atomic mass is 16.5. The minimum absolute atomic E-state index is 0.227. The van der Waals surface area contributed by atoms with Gasteiger partial charge in [0.15, 0.2) is 0 Å². The zero-order valence-corrected chi connectivity index (χ0v) is 11.4. The van der Waals surface area contributed by atoms with Crippen LogP contribution in [0.25, 0.3) is 0 Å². The topological polar surface area (TPSA) is 18.5 Å². The number of hydrogen-bond acceptors (Lipinski definition) is 2. The van der Waals surface area contributed by atoms with Crippen LogP contribution in [0, 0.1) is 5.41 Å². The van der Waals surface area contributed by atoms with Crippen LogP contribution >= 0.6 is 0 Å². The van der Waals surface area contributed by atoms with Gasteiger partial charge in [0.25, 0.3) is 0 Å². The van der Waals surface area contributed by atoms with E-state index in [2.05, 4.69) is 27.7 Å². The summed E-state index contributed by atoms with van der Waals surface area (Å²) in [5.74, 6) is 0. The summed E-state index contributed by atoms with van der Waals surface area (Å²) in [6.07, 6.45) is 7.35. The molecule has 0 amide bonds. The summed E-state index contributed by atoms with van der Waals surface area (Å²) >= 11 is 0. The van der Waals surface area contributed by atoms with Crippen LogP contribution in [-0.2, 0) is 9.47 Å². The summed E-state index contributed by atoms with van der Waals surface area (Å²) in [5.41, 5.74) is 0.227. The molecular formula is C14H28O2. The maximum atomic E-state index is 5.82. The molecule has 1 rings (SSSR count). The van der Waals surface area contributed by atoms with Gasteiger partial charge in [-0.05, 0) is 25.2 Å². The van der Waals surface area contributed by atoms with Crippen LogP contribution in [0.2, 0.25) is 0 Å². The fourth-order valence-corrected chi connectivity index (χ4v) is 1.92.